The lowest BCUT2D eigenvalue weighted by molar-refractivity contribution is -0.289. The highest BCUT2D eigenvalue weighted by Gasteiger charge is 2.58. The van der Waals surface area contributed by atoms with Crippen molar-refractivity contribution in [3.05, 3.63) is 35.2 Å². The Morgan fingerprint density at radius 2 is 1.62 bits per heavy atom. The second kappa shape index (κ2) is 3.41. The van der Waals surface area contributed by atoms with Gasteiger partial charge in [0, 0.05) is 10.3 Å². The van der Waals surface area contributed by atoms with Crippen molar-refractivity contribution in [3.63, 3.8) is 0 Å². The first-order valence-electron chi connectivity index (χ1n) is 4.24. The lowest BCUT2D eigenvalue weighted by atomic mass is 10.1. The molecule has 2 rings (SSSR count). The summed E-state index contributed by atoms with van der Waals surface area (Å²) in [7, 11) is 0. The largest absolute Gasteiger partial charge is 0.458 e. The molecule has 6 heteroatoms. The molecule has 0 saturated heterocycles. The maximum Gasteiger partial charge on any atom is 0.458 e. The molecular formula is C10H5F5S. The average molecular weight is 252 g/mol. The second-order valence-electron chi connectivity index (χ2n) is 3.25. The zero-order valence-corrected chi connectivity index (χ0v) is 8.50. The second-order valence-corrected chi connectivity index (χ2v) is 4.19. The summed E-state index contributed by atoms with van der Waals surface area (Å²) >= 11 is 1.29. The molecule has 2 aromatic rings. The molecule has 0 radical (unpaired) electrons. The number of halogens is 5. The standard InChI is InChI=1S/C10H5F5S/c11-9(12,10(13,14)15)7-1-2-8-6(5-7)3-4-16-8/h1-5H. The Hall–Kier alpha value is -1.17. The van der Waals surface area contributed by atoms with Crippen molar-refractivity contribution < 1.29 is 22.0 Å². The SMILES string of the molecule is FC(F)(F)C(F)(F)c1ccc2sccc2c1. The minimum Gasteiger partial charge on any atom is -0.191 e. The highest BCUT2D eigenvalue weighted by atomic mass is 32.1. The van der Waals surface area contributed by atoms with E-state index in [1.165, 1.54) is 23.5 Å². The number of fused-ring (bicyclic) bond motifs is 1. The van der Waals surface area contributed by atoms with Gasteiger partial charge in [0.15, 0.2) is 0 Å². The molecule has 1 aromatic heterocycles. The number of rotatable bonds is 1. The molecule has 0 N–H and O–H groups in total. The molecule has 0 nitrogen and oxygen atoms in total. The van der Waals surface area contributed by atoms with Crippen LogP contribution in [0, 0.1) is 0 Å². The van der Waals surface area contributed by atoms with Gasteiger partial charge in [0.05, 0.1) is 0 Å². The van der Waals surface area contributed by atoms with Crippen molar-refractivity contribution in [2.45, 2.75) is 12.1 Å². The molecular weight excluding hydrogens is 247 g/mol. The van der Waals surface area contributed by atoms with Crippen LogP contribution in [0.4, 0.5) is 22.0 Å². The third-order valence-electron chi connectivity index (χ3n) is 2.17. The van der Waals surface area contributed by atoms with Crippen LogP contribution in [-0.4, -0.2) is 6.18 Å². The van der Waals surface area contributed by atoms with Gasteiger partial charge in [-0.05, 0) is 29.0 Å². The fourth-order valence-electron chi connectivity index (χ4n) is 1.33. The topological polar surface area (TPSA) is 0 Å². The lowest BCUT2D eigenvalue weighted by Crippen LogP contribution is -2.33. The summed E-state index contributed by atoms with van der Waals surface area (Å²) in [5.41, 5.74) is -1.02. The molecule has 0 bridgehead atoms. The monoisotopic (exact) mass is 252 g/mol. The molecule has 0 amide bonds. The molecule has 0 aliphatic heterocycles. The van der Waals surface area contributed by atoms with E-state index in [9.17, 15) is 22.0 Å². The summed E-state index contributed by atoms with van der Waals surface area (Å²) in [6.45, 7) is 0. The molecule has 0 unspecified atom stereocenters. The molecule has 0 aliphatic rings. The van der Waals surface area contributed by atoms with Crippen LogP contribution in [0.2, 0.25) is 0 Å². The highest BCUT2D eigenvalue weighted by molar-refractivity contribution is 7.17. The Kier molecular flexibility index (Phi) is 2.41. The van der Waals surface area contributed by atoms with E-state index in [1.54, 1.807) is 5.38 Å². The van der Waals surface area contributed by atoms with Gasteiger partial charge >= 0.3 is 12.1 Å². The molecule has 0 fully saturated rings. The lowest BCUT2D eigenvalue weighted by Gasteiger charge is -2.19. The van der Waals surface area contributed by atoms with Gasteiger partial charge in [-0.2, -0.15) is 22.0 Å². The van der Waals surface area contributed by atoms with Gasteiger partial charge in [0.25, 0.3) is 0 Å². The fraction of sp³-hybridized carbons (Fsp3) is 0.200. The van der Waals surface area contributed by atoms with E-state index < -0.39 is 17.7 Å². The van der Waals surface area contributed by atoms with Crippen molar-refractivity contribution >= 4 is 21.4 Å². The third-order valence-corrected chi connectivity index (χ3v) is 3.07. The summed E-state index contributed by atoms with van der Waals surface area (Å²) < 4.78 is 62.9. The maximum atomic E-state index is 13.0. The number of hydrogen-bond acceptors (Lipinski definition) is 1. The van der Waals surface area contributed by atoms with Crippen molar-refractivity contribution in [3.8, 4) is 0 Å². The number of benzene rings is 1. The molecule has 86 valence electrons. The summed E-state index contributed by atoms with van der Waals surface area (Å²) in [5.74, 6) is -4.80. The molecule has 1 heterocycles. The normalized spacial score (nSPS) is 13.3. The van der Waals surface area contributed by atoms with Gasteiger partial charge in [-0.15, -0.1) is 11.3 Å². The third kappa shape index (κ3) is 1.67. The molecule has 16 heavy (non-hydrogen) atoms. The van der Waals surface area contributed by atoms with E-state index in [0.29, 0.717) is 10.1 Å². The van der Waals surface area contributed by atoms with E-state index in [0.717, 1.165) is 12.1 Å². The van der Waals surface area contributed by atoms with E-state index in [2.05, 4.69) is 0 Å². The zero-order chi connectivity index (χ0) is 12.0. The summed E-state index contributed by atoms with van der Waals surface area (Å²) in [6, 6.07) is 4.47. The minimum atomic E-state index is -5.56. The Balaban J connectivity index is 2.54. The predicted octanol–water partition coefficient (Wildman–Crippen LogP) is 4.56. The van der Waals surface area contributed by atoms with Gasteiger partial charge in [0.1, 0.15) is 0 Å². The molecule has 0 aliphatic carbocycles. The maximum absolute atomic E-state index is 13.0. The van der Waals surface area contributed by atoms with E-state index >= 15 is 0 Å². The van der Waals surface area contributed by atoms with E-state index in [1.807, 2.05) is 0 Å². The molecule has 0 saturated carbocycles. The first-order valence-corrected chi connectivity index (χ1v) is 5.12. The van der Waals surface area contributed by atoms with Gasteiger partial charge in [-0.25, -0.2) is 0 Å². The number of hydrogen-bond donors (Lipinski definition) is 0. The minimum absolute atomic E-state index is 0.395. The van der Waals surface area contributed by atoms with Crippen molar-refractivity contribution in [2.24, 2.45) is 0 Å². The summed E-state index contributed by atoms with van der Waals surface area (Å²) in [4.78, 5) is 0. The number of alkyl halides is 5. The van der Waals surface area contributed by atoms with Crippen molar-refractivity contribution in [1.82, 2.24) is 0 Å². The number of thiophene rings is 1. The Morgan fingerprint density at radius 1 is 0.938 bits per heavy atom. The van der Waals surface area contributed by atoms with Gasteiger partial charge < -0.3 is 0 Å². The average Bonchev–Trinajstić information content (AvgIpc) is 2.61. The van der Waals surface area contributed by atoms with Gasteiger partial charge in [-0.3, -0.25) is 0 Å². The quantitative estimate of drug-likeness (QED) is 0.653. The van der Waals surface area contributed by atoms with Crippen LogP contribution < -0.4 is 0 Å². The Labute approximate surface area is 91.3 Å². The van der Waals surface area contributed by atoms with Crippen LogP contribution in [0.1, 0.15) is 5.56 Å². The van der Waals surface area contributed by atoms with Gasteiger partial charge in [-0.1, -0.05) is 6.07 Å². The Bertz CT molecular complexity index is 511. The molecule has 0 spiro atoms. The van der Waals surface area contributed by atoms with Crippen molar-refractivity contribution in [1.29, 1.82) is 0 Å². The van der Waals surface area contributed by atoms with Crippen LogP contribution in [0.3, 0.4) is 0 Å². The zero-order valence-electron chi connectivity index (χ0n) is 7.68. The van der Waals surface area contributed by atoms with Crippen LogP contribution in [0.25, 0.3) is 10.1 Å². The van der Waals surface area contributed by atoms with E-state index in [-0.39, 0.29) is 0 Å². The first-order chi connectivity index (χ1) is 7.32. The van der Waals surface area contributed by atoms with Crippen LogP contribution in [0.15, 0.2) is 29.6 Å². The van der Waals surface area contributed by atoms with Crippen LogP contribution >= 0.6 is 11.3 Å². The Morgan fingerprint density at radius 3 is 2.25 bits per heavy atom. The van der Waals surface area contributed by atoms with Gasteiger partial charge in [0.2, 0.25) is 0 Å². The first kappa shape index (κ1) is 11.3. The summed E-state index contributed by atoms with van der Waals surface area (Å²) in [5, 5.41) is 2.03. The molecule has 1 aromatic carbocycles. The van der Waals surface area contributed by atoms with Crippen molar-refractivity contribution in [2.75, 3.05) is 0 Å². The van der Waals surface area contributed by atoms with E-state index in [4.69, 9.17) is 0 Å². The fourth-order valence-corrected chi connectivity index (χ4v) is 2.10. The highest BCUT2D eigenvalue weighted by Crippen LogP contribution is 2.44. The van der Waals surface area contributed by atoms with Crippen LogP contribution in [-0.2, 0) is 5.92 Å². The van der Waals surface area contributed by atoms with Crippen LogP contribution in [0.5, 0.6) is 0 Å². The smallest absolute Gasteiger partial charge is 0.191 e. The summed E-state index contributed by atoms with van der Waals surface area (Å²) in [6.07, 6.45) is -5.56. The predicted molar refractivity (Wildman–Crippen MR) is 51.8 cm³/mol. The molecule has 0 atom stereocenters.